The van der Waals surface area contributed by atoms with Gasteiger partial charge in [-0.2, -0.15) is 0 Å². The molecule has 1 aliphatic rings. The van der Waals surface area contributed by atoms with Gasteiger partial charge in [0.25, 0.3) is 5.91 Å². The van der Waals surface area contributed by atoms with Crippen molar-refractivity contribution in [2.75, 3.05) is 32.9 Å². The highest BCUT2D eigenvalue weighted by molar-refractivity contribution is 5.77. The molecule has 1 fully saturated rings. The van der Waals surface area contributed by atoms with E-state index in [0.717, 1.165) is 55.3 Å². The third-order valence-corrected chi connectivity index (χ3v) is 5.15. The summed E-state index contributed by atoms with van der Waals surface area (Å²) in [6.07, 6.45) is 0. The number of aryl methyl sites for hydroxylation is 2. The summed E-state index contributed by atoms with van der Waals surface area (Å²) in [7, 11) is 0. The molecule has 5 nitrogen and oxygen atoms in total. The number of ether oxygens (including phenoxy) is 2. The lowest BCUT2D eigenvalue weighted by molar-refractivity contribution is -0.123. The predicted octanol–water partition coefficient (Wildman–Crippen LogP) is 3.14. The fourth-order valence-electron chi connectivity index (χ4n) is 3.33. The van der Waals surface area contributed by atoms with Gasteiger partial charge in [-0.05, 0) is 54.7 Å². The minimum absolute atomic E-state index is 0.0266. The molecule has 0 spiro atoms. The summed E-state index contributed by atoms with van der Waals surface area (Å²) in [5.74, 6) is 0.663. The summed E-state index contributed by atoms with van der Waals surface area (Å²) in [5, 5.41) is 2.93. The summed E-state index contributed by atoms with van der Waals surface area (Å²) in [6.45, 7) is 11.2. The van der Waals surface area contributed by atoms with Crippen LogP contribution in [0.4, 0.5) is 0 Å². The maximum absolute atomic E-state index is 12.1. The molecule has 3 rings (SSSR count). The zero-order chi connectivity index (χ0) is 19.9. The maximum atomic E-state index is 12.1. The molecule has 0 atom stereocenters. The van der Waals surface area contributed by atoms with Crippen LogP contribution < -0.4 is 10.1 Å². The molecule has 0 bridgehead atoms. The number of nitrogens with one attached hydrogen (secondary N) is 1. The van der Waals surface area contributed by atoms with Crippen LogP contribution in [0, 0.1) is 20.8 Å². The van der Waals surface area contributed by atoms with Crippen LogP contribution in [0.25, 0.3) is 0 Å². The molecule has 0 saturated carbocycles. The minimum Gasteiger partial charge on any atom is -0.483 e. The second kappa shape index (κ2) is 9.71. The van der Waals surface area contributed by atoms with E-state index in [4.69, 9.17) is 9.47 Å². The monoisotopic (exact) mass is 382 g/mol. The zero-order valence-electron chi connectivity index (χ0n) is 17.1. The van der Waals surface area contributed by atoms with E-state index in [1.165, 1.54) is 11.1 Å². The second-order valence-electron chi connectivity index (χ2n) is 7.48. The van der Waals surface area contributed by atoms with Crippen molar-refractivity contribution in [3.8, 4) is 5.75 Å². The molecule has 5 heteroatoms. The first-order valence-electron chi connectivity index (χ1n) is 9.86. The molecule has 150 valence electrons. The smallest absolute Gasteiger partial charge is 0.258 e. The van der Waals surface area contributed by atoms with Gasteiger partial charge in [0.15, 0.2) is 6.61 Å². The molecule has 1 saturated heterocycles. The fourth-order valence-corrected chi connectivity index (χ4v) is 3.33. The Balaban J connectivity index is 1.44. The molecule has 0 aliphatic carbocycles. The highest BCUT2D eigenvalue weighted by Crippen LogP contribution is 2.23. The lowest BCUT2D eigenvalue weighted by atomic mass is 10.1. The average Bonchev–Trinajstić information content (AvgIpc) is 2.70. The second-order valence-corrected chi connectivity index (χ2v) is 7.48. The molecule has 1 aliphatic heterocycles. The Hall–Kier alpha value is -2.37. The molecule has 1 N–H and O–H groups in total. The summed E-state index contributed by atoms with van der Waals surface area (Å²) < 4.78 is 11.1. The number of carbonyl (C=O) groups is 1. The number of hydrogen-bond acceptors (Lipinski definition) is 4. The normalized spacial score (nSPS) is 14.7. The summed E-state index contributed by atoms with van der Waals surface area (Å²) >= 11 is 0. The Morgan fingerprint density at radius 2 is 1.75 bits per heavy atom. The van der Waals surface area contributed by atoms with Crippen LogP contribution in [-0.4, -0.2) is 43.7 Å². The first kappa shape index (κ1) is 20.4. The van der Waals surface area contributed by atoms with Gasteiger partial charge in [-0.15, -0.1) is 0 Å². The topological polar surface area (TPSA) is 50.8 Å². The molecule has 0 aromatic heterocycles. The van der Waals surface area contributed by atoms with Crippen molar-refractivity contribution in [2.24, 2.45) is 0 Å². The van der Waals surface area contributed by atoms with E-state index in [2.05, 4.69) is 47.5 Å². The molecule has 1 heterocycles. The van der Waals surface area contributed by atoms with E-state index in [0.29, 0.717) is 6.54 Å². The van der Waals surface area contributed by atoms with E-state index in [-0.39, 0.29) is 12.5 Å². The van der Waals surface area contributed by atoms with Gasteiger partial charge >= 0.3 is 0 Å². The highest BCUT2D eigenvalue weighted by atomic mass is 16.5. The number of carbonyl (C=O) groups excluding carboxylic acids is 1. The van der Waals surface area contributed by atoms with Crippen LogP contribution in [0.1, 0.15) is 27.8 Å². The van der Waals surface area contributed by atoms with E-state index < -0.39 is 0 Å². The summed E-state index contributed by atoms with van der Waals surface area (Å²) in [5.41, 5.74) is 5.75. The Morgan fingerprint density at radius 3 is 2.46 bits per heavy atom. The van der Waals surface area contributed by atoms with Gasteiger partial charge in [0.1, 0.15) is 5.75 Å². The Morgan fingerprint density at radius 1 is 1.07 bits per heavy atom. The zero-order valence-corrected chi connectivity index (χ0v) is 17.1. The molecule has 28 heavy (non-hydrogen) atoms. The van der Waals surface area contributed by atoms with Crippen molar-refractivity contribution in [2.45, 2.75) is 33.9 Å². The average molecular weight is 383 g/mol. The number of benzene rings is 2. The number of hydrogen-bond donors (Lipinski definition) is 1. The van der Waals surface area contributed by atoms with Gasteiger partial charge in [-0.25, -0.2) is 0 Å². The van der Waals surface area contributed by atoms with E-state index in [1.54, 1.807) is 0 Å². The van der Waals surface area contributed by atoms with Crippen LogP contribution >= 0.6 is 0 Å². The number of nitrogens with zero attached hydrogens (tertiary/aromatic N) is 1. The van der Waals surface area contributed by atoms with Crippen molar-refractivity contribution in [1.29, 1.82) is 0 Å². The standard InChI is InChI=1S/C23H30N2O3/c1-17-12-18(2)19(3)22(13-17)28-16-23(26)24-14-20-4-6-21(7-5-20)15-25-8-10-27-11-9-25/h4-7,12-13H,8-11,14-16H2,1-3H3,(H,24,26). The molecule has 0 radical (unpaired) electrons. The molecule has 0 unspecified atom stereocenters. The Bertz CT molecular complexity index is 796. The lowest BCUT2D eigenvalue weighted by Gasteiger charge is -2.26. The Kier molecular flexibility index (Phi) is 7.06. The molecular formula is C23H30N2O3. The minimum atomic E-state index is -0.115. The third-order valence-electron chi connectivity index (χ3n) is 5.15. The van der Waals surface area contributed by atoms with Crippen LogP contribution in [0.5, 0.6) is 5.75 Å². The van der Waals surface area contributed by atoms with Crippen molar-refractivity contribution in [3.05, 3.63) is 64.2 Å². The van der Waals surface area contributed by atoms with Crippen molar-refractivity contribution < 1.29 is 14.3 Å². The van der Waals surface area contributed by atoms with Gasteiger partial charge in [0.05, 0.1) is 13.2 Å². The van der Waals surface area contributed by atoms with Gasteiger partial charge in [0.2, 0.25) is 0 Å². The molecule has 2 aromatic carbocycles. The van der Waals surface area contributed by atoms with Crippen LogP contribution in [0.15, 0.2) is 36.4 Å². The predicted molar refractivity (Wildman–Crippen MR) is 111 cm³/mol. The SMILES string of the molecule is Cc1cc(C)c(C)c(OCC(=O)NCc2ccc(CN3CCOCC3)cc2)c1. The van der Waals surface area contributed by atoms with Crippen LogP contribution in [0.3, 0.4) is 0 Å². The van der Waals surface area contributed by atoms with Crippen molar-refractivity contribution in [3.63, 3.8) is 0 Å². The largest absolute Gasteiger partial charge is 0.483 e. The van der Waals surface area contributed by atoms with Gasteiger partial charge in [0, 0.05) is 26.2 Å². The fraction of sp³-hybridized carbons (Fsp3) is 0.435. The van der Waals surface area contributed by atoms with Gasteiger partial charge in [-0.1, -0.05) is 30.3 Å². The van der Waals surface area contributed by atoms with Crippen LogP contribution in [0.2, 0.25) is 0 Å². The van der Waals surface area contributed by atoms with E-state index in [1.807, 2.05) is 19.9 Å². The lowest BCUT2D eigenvalue weighted by Crippen LogP contribution is -2.35. The molecular weight excluding hydrogens is 352 g/mol. The first-order valence-corrected chi connectivity index (χ1v) is 9.86. The maximum Gasteiger partial charge on any atom is 0.258 e. The van der Waals surface area contributed by atoms with Crippen molar-refractivity contribution >= 4 is 5.91 Å². The summed E-state index contributed by atoms with van der Waals surface area (Å²) in [6, 6.07) is 12.5. The molecule has 1 amide bonds. The van der Waals surface area contributed by atoms with Crippen molar-refractivity contribution in [1.82, 2.24) is 10.2 Å². The number of rotatable bonds is 7. The Labute approximate surface area is 167 Å². The summed E-state index contributed by atoms with van der Waals surface area (Å²) in [4.78, 5) is 14.5. The number of amides is 1. The first-order chi connectivity index (χ1) is 13.5. The highest BCUT2D eigenvalue weighted by Gasteiger charge is 2.11. The van der Waals surface area contributed by atoms with E-state index in [9.17, 15) is 4.79 Å². The third kappa shape index (κ3) is 5.81. The number of morpholine rings is 1. The quantitative estimate of drug-likeness (QED) is 0.799. The van der Waals surface area contributed by atoms with Gasteiger partial charge in [-0.3, -0.25) is 9.69 Å². The molecule has 2 aromatic rings. The van der Waals surface area contributed by atoms with Gasteiger partial charge < -0.3 is 14.8 Å². The van der Waals surface area contributed by atoms with Crippen LogP contribution in [-0.2, 0) is 22.6 Å². The van der Waals surface area contributed by atoms with E-state index >= 15 is 0 Å².